The van der Waals surface area contributed by atoms with Gasteiger partial charge in [-0.3, -0.25) is 9.59 Å². The fraction of sp³-hybridized carbons (Fsp3) is 0.375. The van der Waals surface area contributed by atoms with E-state index in [1.165, 1.54) is 0 Å². The van der Waals surface area contributed by atoms with Crippen LogP contribution in [-0.4, -0.2) is 37.1 Å². The van der Waals surface area contributed by atoms with Crippen LogP contribution >= 0.6 is 12.4 Å². The zero-order valence-electron chi connectivity index (χ0n) is 12.8. The number of carbonyl (C=O) groups is 2. The van der Waals surface area contributed by atoms with Crippen LogP contribution in [0, 0.1) is 0 Å². The van der Waals surface area contributed by atoms with Crippen LogP contribution in [0.1, 0.15) is 23.2 Å². The van der Waals surface area contributed by atoms with E-state index in [1.54, 1.807) is 30.3 Å². The van der Waals surface area contributed by atoms with Crippen molar-refractivity contribution in [1.29, 1.82) is 0 Å². The standard InChI is InChI=1S/C16H21N3O3.ClH/c1-2-9-18-15(20)12-5-3-4-6-13(12)19-16(21)14-8-7-11(10-17)22-14;/h2-6,11,14H,1,7-10,17H2,(H,18,20)(H,19,21);1H/t11-,14+;/m1./s1. The van der Waals surface area contributed by atoms with Crippen molar-refractivity contribution >= 4 is 29.9 Å². The number of benzene rings is 1. The van der Waals surface area contributed by atoms with Crippen molar-refractivity contribution in [2.24, 2.45) is 5.73 Å². The zero-order chi connectivity index (χ0) is 15.9. The first-order valence-corrected chi connectivity index (χ1v) is 7.30. The molecule has 1 heterocycles. The third-order valence-electron chi connectivity index (χ3n) is 3.50. The summed E-state index contributed by atoms with van der Waals surface area (Å²) >= 11 is 0. The molecule has 0 bridgehead atoms. The largest absolute Gasteiger partial charge is 0.364 e. The third kappa shape index (κ3) is 5.06. The molecule has 0 spiro atoms. The highest BCUT2D eigenvalue weighted by Gasteiger charge is 2.30. The number of halogens is 1. The Labute approximate surface area is 141 Å². The lowest BCUT2D eigenvalue weighted by Gasteiger charge is -2.15. The predicted octanol–water partition coefficient (Wildman–Crippen LogP) is 1.47. The van der Waals surface area contributed by atoms with E-state index >= 15 is 0 Å². The number of nitrogens with one attached hydrogen (secondary N) is 2. The van der Waals surface area contributed by atoms with Crippen molar-refractivity contribution in [3.05, 3.63) is 42.5 Å². The topological polar surface area (TPSA) is 93.5 Å². The fourth-order valence-corrected chi connectivity index (χ4v) is 2.34. The smallest absolute Gasteiger partial charge is 0.253 e. The zero-order valence-corrected chi connectivity index (χ0v) is 13.6. The van der Waals surface area contributed by atoms with Crippen LogP contribution in [0.2, 0.25) is 0 Å². The summed E-state index contributed by atoms with van der Waals surface area (Å²) in [6.45, 7) is 4.33. The lowest BCUT2D eigenvalue weighted by molar-refractivity contribution is -0.126. The highest BCUT2D eigenvalue weighted by molar-refractivity contribution is 6.04. The molecule has 1 saturated heterocycles. The Bertz CT molecular complexity index is 565. The van der Waals surface area contributed by atoms with Gasteiger partial charge in [-0.05, 0) is 25.0 Å². The first-order valence-electron chi connectivity index (χ1n) is 7.30. The van der Waals surface area contributed by atoms with E-state index in [9.17, 15) is 9.59 Å². The van der Waals surface area contributed by atoms with Crippen LogP contribution in [0.15, 0.2) is 36.9 Å². The molecule has 1 aromatic carbocycles. The second kappa shape index (κ2) is 9.29. The summed E-state index contributed by atoms with van der Waals surface area (Å²) in [4.78, 5) is 24.3. The minimum Gasteiger partial charge on any atom is -0.364 e. The number of carbonyl (C=O) groups excluding carboxylic acids is 2. The number of rotatable bonds is 6. The maximum absolute atomic E-state index is 12.2. The van der Waals surface area contributed by atoms with E-state index in [2.05, 4.69) is 17.2 Å². The summed E-state index contributed by atoms with van der Waals surface area (Å²) in [5.41, 5.74) is 6.42. The first kappa shape index (κ1) is 19.2. The predicted molar refractivity (Wildman–Crippen MR) is 91.8 cm³/mol. The number of amides is 2. The summed E-state index contributed by atoms with van der Waals surface area (Å²) < 4.78 is 5.56. The van der Waals surface area contributed by atoms with Crippen molar-refractivity contribution in [2.75, 3.05) is 18.4 Å². The lowest BCUT2D eigenvalue weighted by Crippen LogP contribution is -2.31. The Kier molecular flexibility index (Phi) is 7.74. The van der Waals surface area contributed by atoms with Gasteiger partial charge in [-0.15, -0.1) is 19.0 Å². The molecule has 1 fully saturated rings. The molecule has 1 aliphatic heterocycles. The SMILES string of the molecule is C=CCNC(=O)c1ccccc1NC(=O)[C@@H]1CC[C@H](CN)O1.Cl. The van der Waals surface area contributed by atoms with Gasteiger partial charge in [0, 0.05) is 13.1 Å². The molecule has 0 saturated carbocycles. The van der Waals surface area contributed by atoms with Crippen molar-refractivity contribution in [3.63, 3.8) is 0 Å². The maximum atomic E-state index is 12.2. The number of hydrogen-bond acceptors (Lipinski definition) is 4. The summed E-state index contributed by atoms with van der Waals surface area (Å²) in [5, 5.41) is 5.45. The molecule has 2 rings (SSSR count). The van der Waals surface area contributed by atoms with Crippen molar-refractivity contribution in [3.8, 4) is 0 Å². The molecule has 0 aliphatic carbocycles. The van der Waals surface area contributed by atoms with Gasteiger partial charge in [0.2, 0.25) is 0 Å². The van der Waals surface area contributed by atoms with Gasteiger partial charge in [-0.25, -0.2) is 0 Å². The summed E-state index contributed by atoms with van der Waals surface area (Å²) in [7, 11) is 0. The first-order chi connectivity index (χ1) is 10.7. The molecule has 4 N–H and O–H groups in total. The van der Waals surface area contributed by atoms with Crippen LogP contribution in [-0.2, 0) is 9.53 Å². The highest BCUT2D eigenvalue weighted by atomic mass is 35.5. The van der Waals surface area contributed by atoms with Gasteiger partial charge in [-0.2, -0.15) is 0 Å². The average molecular weight is 340 g/mol. The maximum Gasteiger partial charge on any atom is 0.253 e. The highest BCUT2D eigenvalue weighted by Crippen LogP contribution is 2.22. The molecular weight excluding hydrogens is 318 g/mol. The molecule has 126 valence electrons. The fourth-order valence-electron chi connectivity index (χ4n) is 2.34. The Balaban J connectivity index is 0.00000264. The molecule has 2 amide bonds. The molecule has 0 unspecified atom stereocenters. The van der Waals surface area contributed by atoms with Gasteiger partial charge >= 0.3 is 0 Å². The Hall–Kier alpha value is -1.89. The number of hydrogen-bond donors (Lipinski definition) is 3. The lowest BCUT2D eigenvalue weighted by atomic mass is 10.1. The van der Waals surface area contributed by atoms with Gasteiger partial charge in [0.25, 0.3) is 11.8 Å². The second-order valence-corrected chi connectivity index (χ2v) is 5.09. The average Bonchev–Trinajstić information content (AvgIpc) is 3.02. The van der Waals surface area contributed by atoms with Crippen LogP contribution < -0.4 is 16.4 Å². The number of para-hydroxylation sites is 1. The molecule has 2 atom stereocenters. The summed E-state index contributed by atoms with van der Waals surface area (Å²) in [6, 6.07) is 6.86. The minimum atomic E-state index is -0.516. The van der Waals surface area contributed by atoms with Crippen LogP contribution in [0.25, 0.3) is 0 Å². The molecular formula is C16H22ClN3O3. The quantitative estimate of drug-likeness (QED) is 0.684. The molecule has 1 aromatic rings. The van der Waals surface area contributed by atoms with E-state index in [4.69, 9.17) is 10.5 Å². The van der Waals surface area contributed by atoms with Crippen molar-refractivity contribution in [2.45, 2.75) is 25.0 Å². The van der Waals surface area contributed by atoms with E-state index in [-0.39, 0.29) is 30.3 Å². The monoisotopic (exact) mass is 339 g/mol. The van der Waals surface area contributed by atoms with E-state index < -0.39 is 6.10 Å². The van der Waals surface area contributed by atoms with Crippen LogP contribution in [0.3, 0.4) is 0 Å². The normalized spacial score (nSPS) is 19.5. The molecule has 7 heteroatoms. The van der Waals surface area contributed by atoms with Gasteiger partial charge in [0.1, 0.15) is 6.10 Å². The number of anilines is 1. The molecule has 6 nitrogen and oxygen atoms in total. The van der Waals surface area contributed by atoms with E-state index in [1.807, 2.05) is 0 Å². The molecule has 0 radical (unpaired) electrons. The Morgan fingerprint density at radius 3 is 2.74 bits per heavy atom. The van der Waals surface area contributed by atoms with Gasteiger partial charge in [0.15, 0.2) is 0 Å². The summed E-state index contributed by atoms with van der Waals surface area (Å²) in [6.07, 6.45) is 2.42. The van der Waals surface area contributed by atoms with Crippen molar-refractivity contribution < 1.29 is 14.3 Å². The van der Waals surface area contributed by atoms with Crippen molar-refractivity contribution in [1.82, 2.24) is 5.32 Å². The van der Waals surface area contributed by atoms with Gasteiger partial charge in [-0.1, -0.05) is 18.2 Å². The molecule has 0 aromatic heterocycles. The Morgan fingerprint density at radius 1 is 1.35 bits per heavy atom. The molecule has 1 aliphatic rings. The molecule has 23 heavy (non-hydrogen) atoms. The van der Waals surface area contributed by atoms with E-state index in [0.717, 1.165) is 6.42 Å². The minimum absolute atomic E-state index is 0. The van der Waals surface area contributed by atoms with Gasteiger partial charge < -0.3 is 21.1 Å². The van der Waals surface area contributed by atoms with Gasteiger partial charge in [0.05, 0.1) is 17.4 Å². The summed E-state index contributed by atoms with van der Waals surface area (Å²) in [5.74, 6) is -0.511. The van der Waals surface area contributed by atoms with Crippen LogP contribution in [0.4, 0.5) is 5.69 Å². The van der Waals surface area contributed by atoms with E-state index in [0.29, 0.717) is 30.8 Å². The second-order valence-electron chi connectivity index (χ2n) is 5.09. The third-order valence-corrected chi connectivity index (χ3v) is 3.50. The Morgan fingerprint density at radius 2 is 2.09 bits per heavy atom. The number of nitrogens with two attached hydrogens (primary N) is 1. The van der Waals surface area contributed by atoms with Crippen LogP contribution in [0.5, 0.6) is 0 Å². The number of ether oxygens (including phenoxy) is 1.